The summed E-state index contributed by atoms with van der Waals surface area (Å²) >= 11 is 0. The molecule has 36 valence electrons. The summed E-state index contributed by atoms with van der Waals surface area (Å²) in [5, 5.41) is 0. The molecule has 0 rings (SSSR count). The molecule has 0 aliphatic heterocycles. The maximum absolute atomic E-state index is 0. The van der Waals surface area contributed by atoms with Crippen molar-refractivity contribution in [2.75, 3.05) is 0 Å². The Balaban J connectivity index is 0. The molecule has 0 heterocycles. The standard InChI is InChI=1S/2Ca.Mg.2H2O.H2S.6H/h;;;3*1H2;;;;;;/q3*+2;;;;6*-1. The van der Waals surface area contributed by atoms with Gasteiger partial charge in [0, 0.05) is 0 Å². The average Bonchev–Trinajstić information content (AvgIpc) is 0. The summed E-state index contributed by atoms with van der Waals surface area (Å²) in [6.45, 7) is 0. The Morgan fingerprint density at radius 2 is 0.833 bits per heavy atom. The molecular formula is H12Ca2MgO2S. The number of rotatable bonds is 0. The first-order valence-corrected chi connectivity index (χ1v) is 0. The molecule has 0 aromatic carbocycles. The summed E-state index contributed by atoms with van der Waals surface area (Å²) in [6, 6.07) is 0. The zero-order valence-electron chi connectivity index (χ0n) is 9.62. The van der Waals surface area contributed by atoms with Crippen molar-refractivity contribution >= 4 is 112 Å². The van der Waals surface area contributed by atoms with Crippen LogP contribution in [0.15, 0.2) is 0 Å². The van der Waals surface area contributed by atoms with Crippen LogP contribution in [-0.4, -0.2) is 109 Å². The molecule has 4 N–H and O–H groups in total. The van der Waals surface area contributed by atoms with Crippen LogP contribution in [-0.2, 0) is 0 Å². The minimum Gasteiger partial charge on any atom is -1.00 e. The second-order valence-electron chi connectivity index (χ2n) is 0. The predicted octanol–water partition coefficient (Wildman–Crippen LogP) is -2.00. The van der Waals surface area contributed by atoms with Crippen LogP contribution in [0.5, 0.6) is 0 Å². The fourth-order valence-electron chi connectivity index (χ4n) is 0. The van der Waals surface area contributed by atoms with Crippen molar-refractivity contribution in [3.05, 3.63) is 0 Å². The molecule has 6 heavy (non-hydrogen) atoms. The van der Waals surface area contributed by atoms with Crippen LogP contribution in [0.3, 0.4) is 0 Å². The predicted molar refractivity (Wildman–Crippen MR) is 41.5 cm³/mol. The second kappa shape index (κ2) is 38.6. The maximum atomic E-state index is 0. The summed E-state index contributed by atoms with van der Waals surface area (Å²) in [7, 11) is 0. The van der Waals surface area contributed by atoms with E-state index in [0.29, 0.717) is 0 Å². The van der Waals surface area contributed by atoms with Crippen molar-refractivity contribution in [3.63, 3.8) is 0 Å². The van der Waals surface area contributed by atoms with Gasteiger partial charge in [-0.3, -0.25) is 0 Å². The van der Waals surface area contributed by atoms with E-state index in [2.05, 4.69) is 0 Å². The van der Waals surface area contributed by atoms with Gasteiger partial charge in [0.25, 0.3) is 0 Å². The van der Waals surface area contributed by atoms with Crippen molar-refractivity contribution in [2.24, 2.45) is 0 Å². The quantitative estimate of drug-likeness (QED) is 0.387. The molecule has 0 amide bonds. The molecule has 0 spiro atoms. The zero-order chi connectivity index (χ0) is 0. The summed E-state index contributed by atoms with van der Waals surface area (Å²) < 4.78 is 0. The van der Waals surface area contributed by atoms with Gasteiger partial charge in [0.15, 0.2) is 0 Å². The normalized spacial score (nSPS) is 0. The molecule has 0 radical (unpaired) electrons. The number of hydrogen-bond donors (Lipinski definition) is 0. The van der Waals surface area contributed by atoms with Gasteiger partial charge in [-0.1, -0.05) is 0 Å². The van der Waals surface area contributed by atoms with Crippen LogP contribution in [0.2, 0.25) is 0 Å². The van der Waals surface area contributed by atoms with Gasteiger partial charge in [0.05, 0.1) is 0 Å². The van der Waals surface area contributed by atoms with E-state index >= 15 is 0 Å². The van der Waals surface area contributed by atoms with Gasteiger partial charge in [0.2, 0.25) is 0 Å². The van der Waals surface area contributed by atoms with Crippen molar-refractivity contribution in [1.29, 1.82) is 0 Å². The van der Waals surface area contributed by atoms with Crippen LogP contribution in [0.25, 0.3) is 0 Å². The van der Waals surface area contributed by atoms with E-state index in [9.17, 15) is 0 Å². The minimum absolute atomic E-state index is 0. The van der Waals surface area contributed by atoms with Crippen LogP contribution >= 0.6 is 13.5 Å². The van der Waals surface area contributed by atoms with Crippen molar-refractivity contribution in [1.82, 2.24) is 0 Å². The van der Waals surface area contributed by atoms with Crippen molar-refractivity contribution in [3.8, 4) is 0 Å². The Labute approximate surface area is 129 Å². The third-order valence-corrected chi connectivity index (χ3v) is 0. The first kappa shape index (κ1) is 55.3. The van der Waals surface area contributed by atoms with E-state index in [0.717, 1.165) is 0 Å². The first-order chi connectivity index (χ1) is 0. The second-order valence-corrected chi connectivity index (χ2v) is 0. The fraction of sp³-hybridized carbons (Fsp3) is 0. The molecule has 0 saturated carbocycles. The molecule has 0 aromatic rings. The van der Waals surface area contributed by atoms with Gasteiger partial charge in [-0.2, -0.15) is 13.5 Å². The molecule has 0 aliphatic carbocycles. The molecule has 0 aliphatic rings. The smallest absolute Gasteiger partial charge is 1.00 e. The van der Waals surface area contributed by atoms with Gasteiger partial charge in [-0.15, -0.1) is 0 Å². The third-order valence-electron chi connectivity index (χ3n) is 0. The monoisotopic (exact) mass is 180 g/mol. The molecule has 0 bridgehead atoms. The molecule has 2 nitrogen and oxygen atoms in total. The maximum Gasteiger partial charge on any atom is 2.00 e. The van der Waals surface area contributed by atoms with E-state index in [4.69, 9.17) is 0 Å². The van der Waals surface area contributed by atoms with Crippen LogP contribution < -0.4 is 0 Å². The van der Waals surface area contributed by atoms with Crippen LogP contribution in [0, 0.1) is 0 Å². The first-order valence-electron chi connectivity index (χ1n) is 0. The summed E-state index contributed by atoms with van der Waals surface area (Å²) in [5.41, 5.74) is 0. The van der Waals surface area contributed by atoms with E-state index in [-0.39, 0.29) is 132 Å². The van der Waals surface area contributed by atoms with Crippen molar-refractivity contribution < 1.29 is 19.5 Å². The van der Waals surface area contributed by atoms with Gasteiger partial charge >= 0.3 is 98.5 Å². The topological polar surface area (TPSA) is 63.0 Å². The minimum atomic E-state index is 0. The van der Waals surface area contributed by atoms with E-state index in [1.54, 1.807) is 0 Å². The Morgan fingerprint density at radius 1 is 0.833 bits per heavy atom. The Kier molecular flexibility index (Phi) is 356. The molecule has 0 unspecified atom stereocenters. The van der Waals surface area contributed by atoms with Crippen LogP contribution in [0.4, 0.5) is 0 Å². The molecular weight excluding hydrogens is 169 g/mol. The van der Waals surface area contributed by atoms with E-state index in [1.165, 1.54) is 0 Å². The SMILES string of the molecule is O.O.S.[Ca+2].[Ca+2].[H-].[H-].[H-].[H-].[H-].[H-].[Mg+2]. The van der Waals surface area contributed by atoms with Gasteiger partial charge in [0.1, 0.15) is 0 Å². The molecule has 0 aromatic heterocycles. The average molecular weight is 181 g/mol. The Morgan fingerprint density at radius 3 is 0.833 bits per heavy atom. The third kappa shape index (κ3) is 25.7. The molecule has 0 fully saturated rings. The largest absolute Gasteiger partial charge is 2.00 e. The van der Waals surface area contributed by atoms with Gasteiger partial charge < -0.3 is 19.5 Å². The van der Waals surface area contributed by atoms with Gasteiger partial charge in [-0.25, -0.2) is 0 Å². The summed E-state index contributed by atoms with van der Waals surface area (Å²) in [5.74, 6) is 0. The Bertz CT molecular complexity index is 23.5. The fourth-order valence-corrected chi connectivity index (χ4v) is 0. The Hall–Kier alpha value is 3.56. The zero-order valence-corrected chi connectivity index (χ0v) is 10.5. The van der Waals surface area contributed by atoms with Gasteiger partial charge in [-0.05, 0) is 0 Å². The number of hydrogen-bond acceptors (Lipinski definition) is 0. The van der Waals surface area contributed by atoms with Crippen LogP contribution in [0.1, 0.15) is 8.56 Å². The summed E-state index contributed by atoms with van der Waals surface area (Å²) in [6.07, 6.45) is 0. The van der Waals surface area contributed by atoms with E-state index in [1.807, 2.05) is 0 Å². The summed E-state index contributed by atoms with van der Waals surface area (Å²) in [4.78, 5) is 0. The molecule has 6 heteroatoms. The molecule has 0 atom stereocenters. The van der Waals surface area contributed by atoms with E-state index < -0.39 is 0 Å². The van der Waals surface area contributed by atoms with Crippen molar-refractivity contribution in [2.45, 2.75) is 0 Å². The molecule has 0 saturated heterocycles.